The van der Waals surface area contributed by atoms with Crippen LogP contribution in [-0.2, 0) is 4.74 Å². The molecule has 1 fully saturated rings. The highest BCUT2D eigenvalue weighted by Crippen LogP contribution is 2.17. The Morgan fingerprint density at radius 1 is 1.33 bits per heavy atom. The molecule has 1 aliphatic rings. The van der Waals surface area contributed by atoms with E-state index in [1.54, 1.807) is 0 Å². The quantitative estimate of drug-likeness (QED) is 0.397. The molecule has 0 unspecified atom stereocenters. The number of hydrogen-bond acceptors (Lipinski definition) is 6. The lowest BCUT2D eigenvalue weighted by molar-refractivity contribution is -0.905. The topological polar surface area (TPSA) is 115 Å². The monoisotopic (exact) mass is 394 g/mol. The van der Waals surface area contributed by atoms with Crippen molar-refractivity contribution in [3.63, 3.8) is 0 Å². The van der Waals surface area contributed by atoms with E-state index < -0.39 is 17.3 Å². The summed E-state index contributed by atoms with van der Waals surface area (Å²) in [5.41, 5.74) is 5.41. The van der Waals surface area contributed by atoms with E-state index in [-0.39, 0.29) is 17.1 Å². The van der Waals surface area contributed by atoms with Gasteiger partial charge in [-0.3, -0.25) is 14.6 Å². The van der Waals surface area contributed by atoms with Crippen molar-refractivity contribution in [2.24, 2.45) is 0 Å². The Hall–Kier alpha value is -2.43. The second kappa shape index (κ2) is 8.98. The van der Waals surface area contributed by atoms with Crippen LogP contribution >= 0.6 is 11.8 Å². The van der Waals surface area contributed by atoms with E-state index in [0.29, 0.717) is 5.16 Å². The van der Waals surface area contributed by atoms with Gasteiger partial charge in [-0.15, -0.1) is 0 Å². The summed E-state index contributed by atoms with van der Waals surface area (Å²) in [6.07, 6.45) is 0. The Morgan fingerprint density at radius 2 is 2.04 bits per heavy atom. The van der Waals surface area contributed by atoms with Crippen LogP contribution in [0, 0.1) is 5.82 Å². The first kappa shape index (κ1) is 19.3. The smallest absolute Gasteiger partial charge is 0.277 e. The van der Waals surface area contributed by atoms with Gasteiger partial charge in [0.15, 0.2) is 11.0 Å². The number of thioether (sulfide) groups is 1. The summed E-state index contributed by atoms with van der Waals surface area (Å²) >= 11 is 1.41. The molecule has 10 heteroatoms. The molecule has 2 aromatic rings. The molecule has 144 valence electrons. The fourth-order valence-corrected chi connectivity index (χ4v) is 3.56. The van der Waals surface area contributed by atoms with Crippen LogP contribution in [0.2, 0.25) is 0 Å². The number of nitrogen functional groups attached to an aromatic ring is 1. The van der Waals surface area contributed by atoms with Crippen molar-refractivity contribution in [3.05, 3.63) is 46.0 Å². The maximum atomic E-state index is 12.9. The molecule has 1 aromatic carbocycles. The first-order valence-corrected chi connectivity index (χ1v) is 9.52. The number of ether oxygens (including phenoxy) is 1. The summed E-state index contributed by atoms with van der Waals surface area (Å²) in [6.45, 7) is 4.41. The highest BCUT2D eigenvalue weighted by molar-refractivity contribution is 7.99. The highest BCUT2D eigenvalue weighted by Gasteiger charge is 2.16. The zero-order valence-electron chi connectivity index (χ0n) is 14.6. The van der Waals surface area contributed by atoms with E-state index in [1.807, 2.05) is 0 Å². The number of carbonyl (C=O) groups is 1. The van der Waals surface area contributed by atoms with Gasteiger partial charge in [-0.05, 0) is 24.3 Å². The van der Waals surface area contributed by atoms with E-state index in [1.165, 1.54) is 28.8 Å². The standard InChI is InChI=1S/C17H20FN5O3S/c18-12-3-1-11(2-4-12)15(24)20-13-14(19)21-17(22-16(13)25)27-10-7-23-5-8-26-9-6-23/h1-4H,5-10H2,(H,20,24)(H3,19,21,22,25)/p+1. The van der Waals surface area contributed by atoms with Crippen molar-refractivity contribution in [1.29, 1.82) is 0 Å². The zero-order chi connectivity index (χ0) is 19.2. The van der Waals surface area contributed by atoms with Gasteiger partial charge in [0, 0.05) is 5.56 Å². The molecule has 0 saturated carbocycles. The number of nitrogens with two attached hydrogens (primary N) is 1. The average Bonchev–Trinajstić information content (AvgIpc) is 2.66. The van der Waals surface area contributed by atoms with Gasteiger partial charge in [0.05, 0.1) is 25.5 Å². The minimum atomic E-state index is -0.565. The Kier molecular flexibility index (Phi) is 6.43. The minimum Gasteiger partial charge on any atom is -0.382 e. The second-order valence-corrected chi connectivity index (χ2v) is 7.14. The number of quaternary nitrogens is 1. The summed E-state index contributed by atoms with van der Waals surface area (Å²) in [5, 5.41) is 2.84. The minimum absolute atomic E-state index is 0.0598. The second-order valence-electron chi connectivity index (χ2n) is 6.05. The van der Waals surface area contributed by atoms with Gasteiger partial charge in [0.2, 0.25) is 0 Å². The van der Waals surface area contributed by atoms with Crippen LogP contribution in [0.15, 0.2) is 34.2 Å². The van der Waals surface area contributed by atoms with Crippen LogP contribution in [0.1, 0.15) is 10.4 Å². The van der Waals surface area contributed by atoms with Crippen LogP contribution in [0.3, 0.4) is 0 Å². The lowest BCUT2D eigenvalue weighted by Crippen LogP contribution is -3.14. The lowest BCUT2D eigenvalue weighted by atomic mass is 10.2. The van der Waals surface area contributed by atoms with Gasteiger partial charge in [-0.25, -0.2) is 9.37 Å². The molecule has 1 saturated heterocycles. The summed E-state index contributed by atoms with van der Waals surface area (Å²) in [4.78, 5) is 32.7. The Balaban J connectivity index is 1.61. The number of nitrogens with one attached hydrogen (secondary N) is 3. The number of carbonyl (C=O) groups excluding carboxylic acids is 1. The summed E-state index contributed by atoms with van der Waals surface area (Å²) in [7, 11) is 0. The number of H-pyrrole nitrogens is 1. The van der Waals surface area contributed by atoms with E-state index in [9.17, 15) is 14.0 Å². The third kappa shape index (κ3) is 5.28. The number of hydrogen-bond donors (Lipinski definition) is 4. The molecule has 0 spiro atoms. The molecule has 0 aliphatic carbocycles. The van der Waals surface area contributed by atoms with Crippen molar-refractivity contribution >= 4 is 29.2 Å². The van der Waals surface area contributed by atoms with Crippen LogP contribution in [-0.4, -0.2) is 54.5 Å². The number of anilines is 2. The number of benzene rings is 1. The predicted octanol–water partition coefficient (Wildman–Crippen LogP) is -0.249. The first-order valence-electron chi connectivity index (χ1n) is 8.54. The van der Waals surface area contributed by atoms with Gasteiger partial charge in [-0.2, -0.15) is 0 Å². The molecule has 0 bridgehead atoms. The summed E-state index contributed by atoms with van der Waals surface area (Å²) in [6, 6.07) is 4.97. The van der Waals surface area contributed by atoms with Crippen LogP contribution < -0.4 is 21.5 Å². The van der Waals surface area contributed by atoms with E-state index >= 15 is 0 Å². The van der Waals surface area contributed by atoms with E-state index in [0.717, 1.165) is 50.7 Å². The molecule has 0 radical (unpaired) electrons. The molecule has 27 heavy (non-hydrogen) atoms. The number of halogens is 1. The molecule has 2 heterocycles. The van der Waals surface area contributed by atoms with Gasteiger partial charge in [0.1, 0.15) is 24.6 Å². The number of amides is 1. The van der Waals surface area contributed by atoms with Crippen molar-refractivity contribution < 1.29 is 18.8 Å². The van der Waals surface area contributed by atoms with Gasteiger partial charge in [0.25, 0.3) is 11.5 Å². The molecular formula is C17H21FN5O3S+. The average molecular weight is 394 g/mol. The molecule has 1 aromatic heterocycles. The maximum absolute atomic E-state index is 12.9. The highest BCUT2D eigenvalue weighted by atomic mass is 32.2. The van der Waals surface area contributed by atoms with Crippen molar-refractivity contribution in [2.75, 3.05) is 49.7 Å². The third-order valence-electron chi connectivity index (χ3n) is 4.16. The van der Waals surface area contributed by atoms with Gasteiger partial charge < -0.3 is 20.7 Å². The van der Waals surface area contributed by atoms with Gasteiger partial charge in [-0.1, -0.05) is 11.8 Å². The number of rotatable bonds is 6. The van der Waals surface area contributed by atoms with Crippen molar-refractivity contribution in [2.45, 2.75) is 5.16 Å². The molecule has 8 nitrogen and oxygen atoms in total. The maximum Gasteiger partial charge on any atom is 0.277 e. The summed E-state index contributed by atoms with van der Waals surface area (Å²) in [5.74, 6) is -0.300. The van der Waals surface area contributed by atoms with E-state index in [2.05, 4.69) is 15.3 Å². The normalized spacial score (nSPS) is 14.9. The zero-order valence-corrected chi connectivity index (χ0v) is 15.4. The molecule has 5 N–H and O–H groups in total. The fraction of sp³-hybridized carbons (Fsp3) is 0.353. The van der Waals surface area contributed by atoms with Gasteiger partial charge >= 0.3 is 0 Å². The largest absolute Gasteiger partial charge is 0.382 e. The SMILES string of the molecule is Nc1nc(SCC[NH+]2CCOCC2)[nH]c(=O)c1NC(=O)c1ccc(F)cc1. The molecule has 1 amide bonds. The van der Waals surface area contributed by atoms with Crippen LogP contribution in [0.5, 0.6) is 0 Å². The molecule has 1 aliphatic heterocycles. The fourth-order valence-electron chi connectivity index (χ4n) is 2.65. The van der Waals surface area contributed by atoms with Crippen LogP contribution in [0.4, 0.5) is 15.9 Å². The number of aromatic nitrogens is 2. The molecule has 0 atom stereocenters. The lowest BCUT2D eigenvalue weighted by Gasteiger charge is -2.23. The Morgan fingerprint density at radius 3 is 2.70 bits per heavy atom. The predicted molar refractivity (Wildman–Crippen MR) is 101 cm³/mol. The number of nitrogens with zero attached hydrogens (tertiary/aromatic N) is 1. The Labute approximate surface area is 159 Å². The number of aromatic amines is 1. The third-order valence-corrected chi connectivity index (χ3v) is 5.04. The molecular weight excluding hydrogens is 373 g/mol. The first-order chi connectivity index (χ1) is 13.0. The van der Waals surface area contributed by atoms with Crippen LogP contribution in [0.25, 0.3) is 0 Å². The van der Waals surface area contributed by atoms with Crippen molar-refractivity contribution in [1.82, 2.24) is 9.97 Å². The summed E-state index contributed by atoms with van der Waals surface area (Å²) < 4.78 is 18.3. The molecule has 3 rings (SSSR count). The van der Waals surface area contributed by atoms with Crippen molar-refractivity contribution in [3.8, 4) is 0 Å². The van der Waals surface area contributed by atoms with E-state index in [4.69, 9.17) is 10.5 Å². The Bertz CT molecular complexity index is 853. The number of morpholine rings is 1.